The van der Waals surface area contributed by atoms with Crippen molar-refractivity contribution in [3.63, 3.8) is 0 Å². The van der Waals surface area contributed by atoms with E-state index in [1.807, 2.05) is 4.90 Å². The minimum atomic E-state index is -0.848. The number of aliphatic carboxylic acids is 2. The van der Waals surface area contributed by atoms with E-state index >= 15 is 0 Å². The largest absolute Gasteiger partial charge is 0.481 e. The van der Waals surface area contributed by atoms with Crippen molar-refractivity contribution in [3.8, 4) is 0 Å². The summed E-state index contributed by atoms with van der Waals surface area (Å²) >= 11 is 0. The highest BCUT2D eigenvalue weighted by molar-refractivity contribution is 5.73. The van der Waals surface area contributed by atoms with Crippen LogP contribution in [0.2, 0.25) is 0 Å². The molecule has 1 heterocycles. The molecule has 2 N–H and O–H groups in total. The number of hydrogen-bond acceptors (Lipinski definition) is 3. The smallest absolute Gasteiger partial charge is 0.320 e. The maximum absolute atomic E-state index is 10.8. The Bertz CT molecular complexity index is 240. The summed E-state index contributed by atoms with van der Waals surface area (Å²) in [6.45, 7) is 4.56. The van der Waals surface area contributed by atoms with Crippen molar-refractivity contribution in [3.05, 3.63) is 0 Å². The molecule has 3 atom stereocenters. The Balaban J connectivity index is 2.52. The van der Waals surface area contributed by atoms with Gasteiger partial charge in [0.2, 0.25) is 0 Å². The van der Waals surface area contributed by atoms with Crippen LogP contribution in [0.25, 0.3) is 0 Å². The van der Waals surface area contributed by atoms with Gasteiger partial charge in [-0.3, -0.25) is 14.5 Å². The van der Waals surface area contributed by atoms with E-state index in [0.717, 1.165) is 6.42 Å². The molecular weight excluding hydrogens is 198 g/mol. The van der Waals surface area contributed by atoms with Gasteiger partial charge in [0.1, 0.15) is 6.04 Å². The van der Waals surface area contributed by atoms with Crippen molar-refractivity contribution in [1.82, 2.24) is 4.90 Å². The quantitative estimate of drug-likeness (QED) is 0.714. The number of hydrogen-bond donors (Lipinski definition) is 2. The zero-order chi connectivity index (χ0) is 11.6. The molecule has 0 spiro atoms. The zero-order valence-corrected chi connectivity index (χ0v) is 9.01. The van der Waals surface area contributed by atoms with Crippen molar-refractivity contribution < 1.29 is 19.8 Å². The van der Waals surface area contributed by atoms with Crippen LogP contribution in [-0.2, 0) is 9.59 Å². The van der Waals surface area contributed by atoms with Crippen molar-refractivity contribution in [2.45, 2.75) is 26.3 Å². The molecule has 15 heavy (non-hydrogen) atoms. The molecule has 1 aliphatic heterocycles. The van der Waals surface area contributed by atoms with Gasteiger partial charge < -0.3 is 10.2 Å². The number of carbonyl (C=O) groups is 2. The number of rotatable bonds is 4. The van der Waals surface area contributed by atoms with Crippen LogP contribution in [-0.4, -0.2) is 46.2 Å². The first-order chi connectivity index (χ1) is 6.93. The maximum Gasteiger partial charge on any atom is 0.320 e. The Morgan fingerprint density at radius 3 is 2.33 bits per heavy atom. The van der Waals surface area contributed by atoms with Crippen LogP contribution in [0.5, 0.6) is 0 Å². The molecule has 5 nitrogen and oxygen atoms in total. The molecule has 1 rings (SSSR count). The number of carboxylic acids is 2. The summed E-state index contributed by atoms with van der Waals surface area (Å²) in [5.41, 5.74) is 0. The Labute approximate surface area is 88.7 Å². The molecule has 1 saturated heterocycles. The Morgan fingerprint density at radius 2 is 1.87 bits per heavy atom. The van der Waals surface area contributed by atoms with Gasteiger partial charge in [-0.15, -0.1) is 0 Å². The average molecular weight is 215 g/mol. The van der Waals surface area contributed by atoms with Gasteiger partial charge in [0.25, 0.3) is 0 Å². The molecular formula is C10H17NO4. The lowest BCUT2D eigenvalue weighted by Gasteiger charge is -2.21. The number of likely N-dealkylation sites (tertiary alicyclic amines) is 1. The fourth-order valence-corrected chi connectivity index (χ4v) is 1.93. The topological polar surface area (TPSA) is 77.8 Å². The van der Waals surface area contributed by atoms with Crippen LogP contribution in [0.1, 0.15) is 20.3 Å². The Morgan fingerprint density at radius 1 is 1.27 bits per heavy atom. The predicted octanol–water partition coefficient (Wildman–Crippen LogP) is 0.502. The van der Waals surface area contributed by atoms with E-state index in [-0.39, 0.29) is 5.92 Å². The highest BCUT2D eigenvalue weighted by Crippen LogP contribution is 2.25. The molecule has 1 aliphatic rings. The summed E-state index contributed by atoms with van der Waals surface area (Å²) < 4.78 is 0. The second-order valence-electron chi connectivity index (χ2n) is 4.18. The second-order valence-corrected chi connectivity index (χ2v) is 4.18. The maximum atomic E-state index is 10.8. The Hall–Kier alpha value is -1.10. The fourth-order valence-electron chi connectivity index (χ4n) is 1.93. The van der Waals surface area contributed by atoms with Crippen molar-refractivity contribution >= 4 is 11.9 Å². The molecule has 0 aromatic heterocycles. The highest BCUT2D eigenvalue weighted by atomic mass is 16.4. The van der Waals surface area contributed by atoms with Crippen molar-refractivity contribution in [1.29, 1.82) is 0 Å². The molecule has 86 valence electrons. The molecule has 2 unspecified atom stereocenters. The third-order valence-electron chi connectivity index (χ3n) is 3.26. The van der Waals surface area contributed by atoms with Gasteiger partial charge in [-0.2, -0.15) is 0 Å². The first-order valence-corrected chi connectivity index (χ1v) is 5.13. The Kier molecular flexibility index (Phi) is 3.68. The zero-order valence-electron chi connectivity index (χ0n) is 9.01. The van der Waals surface area contributed by atoms with E-state index in [0.29, 0.717) is 13.1 Å². The van der Waals surface area contributed by atoms with Gasteiger partial charge in [0, 0.05) is 6.54 Å². The van der Waals surface area contributed by atoms with Crippen LogP contribution in [0.4, 0.5) is 0 Å². The van der Waals surface area contributed by atoms with E-state index in [2.05, 4.69) is 0 Å². The normalized spacial score (nSPS) is 26.1. The standard InChI is InChI=1S/C10H17NO4/c1-6(9(12)13)8-3-4-11(5-8)7(2)10(14)15/h6-8H,3-5H2,1-2H3,(H,12,13)(H,14,15)/t6?,7?,8-/m0/s1. The molecule has 0 aliphatic carbocycles. The molecule has 0 aromatic carbocycles. The average Bonchev–Trinajstić information content (AvgIpc) is 2.63. The van der Waals surface area contributed by atoms with E-state index in [9.17, 15) is 9.59 Å². The van der Waals surface area contributed by atoms with Crippen LogP contribution in [0.15, 0.2) is 0 Å². The number of nitrogens with zero attached hydrogens (tertiary/aromatic N) is 1. The molecule has 5 heteroatoms. The molecule has 0 radical (unpaired) electrons. The van der Waals surface area contributed by atoms with Gasteiger partial charge in [-0.1, -0.05) is 6.92 Å². The minimum absolute atomic E-state index is 0.0734. The second kappa shape index (κ2) is 4.61. The monoisotopic (exact) mass is 215 g/mol. The van der Waals surface area contributed by atoms with Crippen molar-refractivity contribution in [2.24, 2.45) is 11.8 Å². The van der Waals surface area contributed by atoms with Crippen LogP contribution < -0.4 is 0 Å². The number of carboxylic acid groups (broad SMARTS) is 2. The molecule has 0 amide bonds. The lowest BCUT2D eigenvalue weighted by Crippen LogP contribution is -2.37. The summed E-state index contributed by atoms with van der Waals surface area (Å²) in [4.78, 5) is 23.3. The van der Waals surface area contributed by atoms with Crippen molar-refractivity contribution in [2.75, 3.05) is 13.1 Å². The molecule has 0 saturated carbocycles. The molecule has 0 aromatic rings. The fraction of sp³-hybridized carbons (Fsp3) is 0.800. The van der Waals surface area contributed by atoms with Gasteiger partial charge in [0.05, 0.1) is 5.92 Å². The van der Waals surface area contributed by atoms with E-state index in [4.69, 9.17) is 10.2 Å². The SMILES string of the molecule is CC(C(=O)O)[C@H]1CCN(C(C)C(=O)O)C1. The van der Waals surface area contributed by atoms with Gasteiger partial charge in [0.15, 0.2) is 0 Å². The van der Waals surface area contributed by atoms with E-state index in [1.54, 1.807) is 13.8 Å². The third kappa shape index (κ3) is 2.68. The summed E-state index contributed by atoms with van der Waals surface area (Å²) in [6, 6.07) is -0.518. The summed E-state index contributed by atoms with van der Waals surface area (Å²) in [5, 5.41) is 17.7. The van der Waals surface area contributed by atoms with Crippen LogP contribution in [0.3, 0.4) is 0 Å². The molecule has 0 bridgehead atoms. The molecule has 1 fully saturated rings. The third-order valence-corrected chi connectivity index (χ3v) is 3.26. The summed E-state index contributed by atoms with van der Waals surface area (Å²) in [5.74, 6) is -1.97. The summed E-state index contributed by atoms with van der Waals surface area (Å²) in [6.07, 6.45) is 0.769. The lowest BCUT2D eigenvalue weighted by atomic mass is 9.93. The van der Waals surface area contributed by atoms with E-state index in [1.165, 1.54) is 0 Å². The highest BCUT2D eigenvalue weighted by Gasteiger charge is 2.34. The summed E-state index contributed by atoms with van der Waals surface area (Å²) in [7, 11) is 0. The van der Waals surface area contributed by atoms with Gasteiger partial charge in [-0.25, -0.2) is 0 Å². The minimum Gasteiger partial charge on any atom is -0.481 e. The predicted molar refractivity (Wildman–Crippen MR) is 53.6 cm³/mol. The van der Waals surface area contributed by atoms with Crippen LogP contribution >= 0.6 is 0 Å². The first-order valence-electron chi connectivity index (χ1n) is 5.13. The van der Waals surface area contributed by atoms with Crippen LogP contribution in [0, 0.1) is 11.8 Å². The van der Waals surface area contributed by atoms with Gasteiger partial charge >= 0.3 is 11.9 Å². The first kappa shape index (κ1) is 12.0. The lowest BCUT2D eigenvalue weighted by molar-refractivity contribution is -0.142. The van der Waals surface area contributed by atoms with Gasteiger partial charge in [-0.05, 0) is 25.8 Å². The van der Waals surface area contributed by atoms with E-state index < -0.39 is 23.9 Å².